The van der Waals surface area contributed by atoms with Gasteiger partial charge in [-0.3, -0.25) is 4.79 Å². The molecule has 0 aliphatic carbocycles. The van der Waals surface area contributed by atoms with Gasteiger partial charge in [0.2, 0.25) is 0 Å². The van der Waals surface area contributed by atoms with E-state index in [-0.39, 0.29) is 23.9 Å². The molecule has 0 heterocycles. The average molecular weight is 233 g/mol. The maximum absolute atomic E-state index is 13.1. The summed E-state index contributed by atoms with van der Waals surface area (Å²) < 4.78 is 13.1. The number of hydrogen-bond donors (Lipinski definition) is 0. The second-order valence-corrected chi connectivity index (χ2v) is 3.93. The summed E-state index contributed by atoms with van der Waals surface area (Å²) in [6.07, 6.45) is 2.07. The van der Waals surface area contributed by atoms with Crippen molar-refractivity contribution in [1.82, 2.24) is 0 Å². The van der Waals surface area contributed by atoms with Gasteiger partial charge in [0.25, 0.3) is 0 Å². The van der Waals surface area contributed by atoms with Gasteiger partial charge in [0.1, 0.15) is 5.82 Å². The van der Waals surface area contributed by atoms with Crippen LogP contribution in [0.3, 0.4) is 0 Å². The molecule has 0 fully saturated rings. The van der Waals surface area contributed by atoms with Crippen LogP contribution < -0.4 is 0 Å². The van der Waals surface area contributed by atoms with Crippen molar-refractivity contribution in [2.45, 2.75) is 11.3 Å². The molecular weight excluding hydrogens is 223 g/mol. The van der Waals surface area contributed by atoms with Gasteiger partial charge >= 0.3 is 0 Å². The van der Waals surface area contributed by atoms with E-state index < -0.39 is 0 Å². The summed E-state index contributed by atoms with van der Waals surface area (Å²) >= 11 is 6.70. The number of halogens is 2. The van der Waals surface area contributed by atoms with Gasteiger partial charge in [-0.05, 0) is 24.0 Å². The van der Waals surface area contributed by atoms with Crippen LogP contribution in [0.25, 0.3) is 0 Å². The Hall–Kier alpha value is -0.540. The fourth-order valence-electron chi connectivity index (χ4n) is 1.09. The zero-order valence-corrected chi connectivity index (χ0v) is 9.29. The summed E-state index contributed by atoms with van der Waals surface area (Å²) in [5, 5.41) is 0. The van der Waals surface area contributed by atoms with E-state index in [1.807, 2.05) is 0 Å². The number of rotatable bonds is 4. The van der Waals surface area contributed by atoms with Crippen molar-refractivity contribution in [3.63, 3.8) is 0 Å². The van der Waals surface area contributed by atoms with Gasteiger partial charge in [-0.15, -0.1) is 23.4 Å². The Kier molecular flexibility index (Phi) is 4.42. The molecule has 4 heteroatoms. The van der Waals surface area contributed by atoms with Gasteiger partial charge in [-0.2, -0.15) is 0 Å². The second kappa shape index (κ2) is 5.37. The number of Topliss-reactive ketones (excluding diaryl/α,β-unsaturated/α-hetero) is 1. The third kappa shape index (κ3) is 3.00. The predicted octanol–water partition coefficient (Wildman–Crippen LogP) is 2.90. The van der Waals surface area contributed by atoms with Crippen LogP contribution in [0.4, 0.5) is 4.39 Å². The first-order valence-corrected chi connectivity index (χ1v) is 5.83. The molecule has 0 saturated carbocycles. The first kappa shape index (κ1) is 11.5. The van der Waals surface area contributed by atoms with E-state index in [0.29, 0.717) is 4.90 Å². The molecule has 1 rings (SSSR count). The molecule has 76 valence electrons. The average Bonchev–Trinajstić information content (AvgIpc) is 2.20. The van der Waals surface area contributed by atoms with Crippen LogP contribution in [0.1, 0.15) is 5.56 Å². The predicted molar refractivity (Wildman–Crippen MR) is 57.6 cm³/mol. The standard InChI is InChI=1S/C10H10ClFOS/c1-14-10-5-7(2-3-9(10)12)4-8(13)6-11/h2-3,5H,4,6H2,1H3. The molecule has 1 aromatic carbocycles. The van der Waals surface area contributed by atoms with E-state index in [2.05, 4.69) is 0 Å². The number of benzene rings is 1. The van der Waals surface area contributed by atoms with E-state index in [1.54, 1.807) is 18.4 Å². The number of alkyl halides is 1. The Morgan fingerprint density at radius 2 is 2.29 bits per heavy atom. The molecule has 0 N–H and O–H groups in total. The van der Waals surface area contributed by atoms with Gasteiger partial charge in [0.15, 0.2) is 5.78 Å². The Morgan fingerprint density at radius 3 is 2.86 bits per heavy atom. The molecule has 1 nitrogen and oxygen atoms in total. The Bertz CT molecular complexity index is 341. The molecule has 0 atom stereocenters. The molecule has 0 unspecified atom stereocenters. The quantitative estimate of drug-likeness (QED) is 0.587. The summed E-state index contributed by atoms with van der Waals surface area (Å²) in [7, 11) is 0. The van der Waals surface area contributed by atoms with E-state index in [4.69, 9.17) is 11.6 Å². The number of carbonyl (C=O) groups excluding carboxylic acids is 1. The maximum Gasteiger partial charge on any atom is 0.151 e. The van der Waals surface area contributed by atoms with Gasteiger partial charge in [-0.1, -0.05) is 6.07 Å². The normalized spacial score (nSPS) is 10.2. The van der Waals surface area contributed by atoms with Crippen molar-refractivity contribution in [3.8, 4) is 0 Å². The summed E-state index contributed by atoms with van der Waals surface area (Å²) in [5.74, 6) is -0.295. The summed E-state index contributed by atoms with van der Waals surface area (Å²) in [5.41, 5.74) is 0.807. The monoisotopic (exact) mass is 232 g/mol. The van der Waals surface area contributed by atoms with Gasteiger partial charge in [0.05, 0.1) is 5.88 Å². The first-order valence-electron chi connectivity index (χ1n) is 4.07. The lowest BCUT2D eigenvalue weighted by Gasteiger charge is -2.02. The van der Waals surface area contributed by atoms with E-state index in [0.717, 1.165) is 5.56 Å². The topological polar surface area (TPSA) is 17.1 Å². The van der Waals surface area contributed by atoms with Crippen molar-refractivity contribution < 1.29 is 9.18 Å². The molecule has 0 aromatic heterocycles. The minimum absolute atomic E-state index is 0.00593. The van der Waals surface area contributed by atoms with Crippen LogP contribution >= 0.6 is 23.4 Å². The number of ketones is 1. The number of thioether (sulfide) groups is 1. The summed E-state index contributed by atoms with van der Waals surface area (Å²) in [6, 6.07) is 4.67. The van der Waals surface area contributed by atoms with Crippen LogP contribution in [0.5, 0.6) is 0 Å². The highest BCUT2D eigenvalue weighted by Crippen LogP contribution is 2.20. The van der Waals surface area contributed by atoms with Gasteiger partial charge in [-0.25, -0.2) is 4.39 Å². The molecule has 0 saturated heterocycles. The van der Waals surface area contributed by atoms with Gasteiger partial charge in [0, 0.05) is 11.3 Å². The van der Waals surface area contributed by atoms with Crippen LogP contribution in [0.15, 0.2) is 23.1 Å². The lowest BCUT2D eigenvalue weighted by Crippen LogP contribution is -2.03. The van der Waals surface area contributed by atoms with Crippen LogP contribution in [-0.2, 0) is 11.2 Å². The summed E-state index contributed by atoms with van der Waals surface area (Å²) in [6.45, 7) is 0. The molecule has 14 heavy (non-hydrogen) atoms. The molecule has 0 radical (unpaired) electrons. The van der Waals surface area contributed by atoms with Crippen LogP contribution in [-0.4, -0.2) is 17.9 Å². The molecule has 0 bridgehead atoms. The zero-order valence-electron chi connectivity index (χ0n) is 7.72. The minimum atomic E-state index is -0.250. The highest BCUT2D eigenvalue weighted by atomic mass is 35.5. The highest BCUT2D eigenvalue weighted by molar-refractivity contribution is 7.98. The highest BCUT2D eigenvalue weighted by Gasteiger charge is 2.05. The van der Waals surface area contributed by atoms with Crippen molar-refractivity contribution in [1.29, 1.82) is 0 Å². The SMILES string of the molecule is CSc1cc(CC(=O)CCl)ccc1F. The Morgan fingerprint density at radius 1 is 1.57 bits per heavy atom. The second-order valence-electron chi connectivity index (χ2n) is 2.82. The minimum Gasteiger partial charge on any atom is -0.298 e. The fraction of sp³-hybridized carbons (Fsp3) is 0.300. The fourth-order valence-corrected chi connectivity index (χ4v) is 1.72. The van der Waals surface area contributed by atoms with Crippen molar-refractivity contribution >= 4 is 29.1 Å². The maximum atomic E-state index is 13.1. The van der Waals surface area contributed by atoms with Crippen molar-refractivity contribution in [2.24, 2.45) is 0 Å². The van der Waals surface area contributed by atoms with Crippen molar-refractivity contribution in [2.75, 3.05) is 12.1 Å². The summed E-state index contributed by atoms with van der Waals surface area (Å²) in [4.78, 5) is 11.6. The first-order chi connectivity index (χ1) is 6.67. The molecule has 0 spiro atoms. The lowest BCUT2D eigenvalue weighted by molar-refractivity contribution is -0.116. The van der Waals surface area contributed by atoms with Crippen LogP contribution in [0.2, 0.25) is 0 Å². The lowest BCUT2D eigenvalue weighted by atomic mass is 10.1. The van der Waals surface area contributed by atoms with Crippen LogP contribution in [0, 0.1) is 5.82 Å². The molecule has 0 aliphatic heterocycles. The third-order valence-electron chi connectivity index (χ3n) is 1.77. The molecule has 1 aromatic rings. The smallest absolute Gasteiger partial charge is 0.151 e. The Balaban J connectivity index is 2.84. The largest absolute Gasteiger partial charge is 0.298 e. The molecule has 0 aliphatic rings. The van der Waals surface area contributed by atoms with E-state index in [1.165, 1.54) is 17.8 Å². The van der Waals surface area contributed by atoms with Gasteiger partial charge < -0.3 is 0 Å². The molecule has 0 amide bonds. The molecular formula is C10H10ClFOS. The zero-order chi connectivity index (χ0) is 10.6. The third-order valence-corrected chi connectivity index (χ3v) is 2.82. The number of carbonyl (C=O) groups is 1. The Labute approximate surface area is 91.6 Å². The van der Waals surface area contributed by atoms with Crippen molar-refractivity contribution in [3.05, 3.63) is 29.6 Å². The van der Waals surface area contributed by atoms with E-state index >= 15 is 0 Å². The number of hydrogen-bond acceptors (Lipinski definition) is 2. The van der Waals surface area contributed by atoms with E-state index in [9.17, 15) is 9.18 Å².